The second-order valence-corrected chi connectivity index (χ2v) is 5.73. The van der Waals surface area contributed by atoms with Gasteiger partial charge >= 0.3 is 0 Å². The van der Waals surface area contributed by atoms with Gasteiger partial charge in [0.2, 0.25) is 5.95 Å². The monoisotopic (exact) mass is 276 g/mol. The summed E-state index contributed by atoms with van der Waals surface area (Å²) in [6.07, 6.45) is 8.78. The Balaban J connectivity index is 2.04. The molecule has 1 saturated carbocycles. The van der Waals surface area contributed by atoms with E-state index in [-0.39, 0.29) is 5.91 Å². The zero-order chi connectivity index (χ0) is 14.5. The highest BCUT2D eigenvalue weighted by atomic mass is 16.1. The average Bonchev–Trinajstić information content (AvgIpc) is 2.67. The predicted octanol–water partition coefficient (Wildman–Crippen LogP) is 2.30. The molecule has 0 saturated heterocycles. The van der Waals surface area contributed by atoms with E-state index in [1.54, 1.807) is 6.20 Å². The molecule has 1 heterocycles. The maximum atomic E-state index is 12.3. The maximum Gasteiger partial charge on any atom is 0.254 e. The van der Waals surface area contributed by atoms with Gasteiger partial charge in [0.15, 0.2) is 0 Å². The van der Waals surface area contributed by atoms with Crippen molar-refractivity contribution in [2.45, 2.75) is 51.5 Å². The van der Waals surface area contributed by atoms with Crippen molar-refractivity contribution in [2.24, 2.45) is 0 Å². The van der Waals surface area contributed by atoms with Crippen LogP contribution in [0.3, 0.4) is 0 Å². The molecule has 0 unspecified atom stereocenters. The summed E-state index contributed by atoms with van der Waals surface area (Å²) in [5.41, 5.74) is 1.31. The molecule has 0 bridgehead atoms. The molecule has 1 fully saturated rings. The standard InChI is InChI=1S/C15H24N4O/c1-11-13(10-16-15(17-11)19(2)3)14(20)18-12-8-6-4-5-7-9-12/h10,12H,4-9H2,1-3H3,(H,18,20). The van der Waals surface area contributed by atoms with Crippen molar-refractivity contribution in [3.8, 4) is 0 Å². The summed E-state index contributed by atoms with van der Waals surface area (Å²) >= 11 is 0. The van der Waals surface area contributed by atoms with Gasteiger partial charge in [-0.3, -0.25) is 4.79 Å². The van der Waals surface area contributed by atoms with Crippen LogP contribution in [-0.2, 0) is 0 Å². The summed E-state index contributed by atoms with van der Waals surface area (Å²) in [5.74, 6) is 0.591. The van der Waals surface area contributed by atoms with Crippen LogP contribution in [0.2, 0.25) is 0 Å². The smallest absolute Gasteiger partial charge is 0.254 e. The Morgan fingerprint density at radius 2 is 1.90 bits per heavy atom. The van der Waals surface area contributed by atoms with Crippen LogP contribution in [0, 0.1) is 6.92 Å². The molecule has 5 heteroatoms. The van der Waals surface area contributed by atoms with Crippen LogP contribution >= 0.6 is 0 Å². The molecule has 0 aliphatic heterocycles. The largest absolute Gasteiger partial charge is 0.349 e. The van der Waals surface area contributed by atoms with Crippen LogP contribution in [0.15, 0.2) is 6.20 Å². The molecule has 1 amide bonds. The van der Waals surface area contributed by atoms with Crippen molar-refractivity contribution in [1.82, 2.24) is 15.3 Å². The van der Waals surface area contributed by atoms with Gasteiger partial charge in [0.1, 0.15) is 0 Å². The van der Waals surface area contributed by atoms with E-state index >= 15 is 0 Å². The minimum atomic E-state index is -0.0419. The van der Waals surface area contributed by atoms with Gasteiger partial charge in [-0.25, -0.2) is 9.97 Å². The molecule has 20 heavy (non-hydrogen) atoms. The van der Waals surface area contributed by atoms with Gasteiger partial charge in [-0.15, -0.1) is 0 Å². The van der Waals surface area contributed by atoms with E-state index in [0.717, 1.165) is 18.5 Å². The molecular weight excluding hydrogens is 252 g/mol. The number of carbonyl (C=O) groups excluding carboxylic acids is 1. The number of carbonyl (C=O) groups is 1. The molecule has 0 radical (unpaired) electrons. The number of aromatic nitrogens is 2. The van der Waals surface area contributed by atoms with E-state index in [2.05, 4.69) is 15.3 Å². The maximum absolute atomic E-state index is 12.3. The molecule has 5 nitrogen and oxygen atoms in total. The average molecular weight is 276 g/mol. The lowest BCUT2D eigenvalue weighted by Gasteiger charge is -2.17. The van der Waals surface area contributed by atoms with E-state index in [4.69, 9.17) is 0 Å². The summed E-state index contributed by atoms with van der Waals surface area (Å²) in [5, 5.41) is 3.13. The first-order valence-corrected chi connectivity index (χ1v) is 7.40. The van der Waals surface area contributed by atoms with Crippen molar-refractivity contribution in [2.75, 3.05) is 19.0 Å². The van der Waals surface area contributed by atoms with Crippen molar-refractivity contribution in [1.29, 1.82) is 0 Å². The molecule has 1 N–H and O–H groups in total. The number of aryl methyl sites for hydroxylation is 1. The zero-order valence-electron chi connectivity index (χ0n) is 12.6. The minimum Gasteiger partial charge on any atom is -0.349 e. The second-order valence-electron chi connectivity index (χ2n) is 5.73. The molecule has 1 aliphatic carbocycles. The highest BCUT2D eigenvalue weighted by molar-refractivity contribution is 5.95. The van der Waals surface area contributed by atoms with Crippen LogP contribution < -0.4 is 10.2 Å². The molecule has 0 atom stereocenters. The Labute approximate surface area is 120 Å². The quantitative estimate of drug-likeness (QED) is 0.861. The van der Waals surface area contributed by atoms with Gasteiger partial charge in [-0.2, -0.15) is 0 Å². The van der Waals surface area contributed by atoms with Crippen LogP contribution in [0.25, 0.3) is 0 Å². The number of nitrogens with one attached hydrogen (secondary N) is 1. The number of nitrogens with zero attached hydrogens (tertiary/aromatic N) is 3. The van der Waals surface area contributed by atoms with Crippen LogP contribution in [0.1, 0.15) is 54.6 Å². The molecule has 0 aromatic carbocycles. The lowest BCUT2D eigenvalue weighted by molar-refractivity contribution is 0.0932. The normalized spacial score (nSPS) is 16.6. The van der Waals surface area contributed by atoms with Crippen molar-refractivity contribution in [3.05, 3.63) is 17.5 Å². The molecule has 1 aromatic heterocycles. The Kier molecular flexibility index (Phi) is 4.93. The van der Waals surface area contributed by atoms with E-state index in [1.807, 2.05) is 25.9 Å². The lowest BCUT2D eigenvalue weighted by Crippen LogP contribution is -2.35. The molecule has 110 valence electrons. The Hall–Kier alpha value is -1.65. The number of hydrogen-bond acceptors (Lipinski definition) is 4. The summed E-state index contributed by atoms with van der Waals surface area (Å²) in [6, 6.07) is 0.304. The third kappa shape index (κ3) is 3.68. The van der Waals surface area contributed by atoms with Gasteiger partial charge in [-0.05, 0) is 19.8 Å². The third-order valence-corrected chi connectivity index (χ3v) is 3.80. The van der Waals surface area contributed by atoms with Crippen LogP contribution in [0.5, 0.6) is 0 Å². The zero-order valence-corrected chi connectivity index (χ0v) is 12.6. The Bertz CT molecular complexity index is 465. The second kappa shape index (κ2) is 6.68. The summed E-state index contributed by atoms with van der Waals surface area (Å²) in [6.45, 7) is 1.86. The van der Waals surface area contributed by atoms with Crippen LogP contribution in [-0.4, -0.2) is 36.0 Å². The Morgan fingerprint density at radius 1 is 1.25 bits per heavy atom. The third-order valence-electron chi connectivity index (χ3n) is 3.80. The van der Waals surface area contributed by atoms with E-state index in [0.29, 0.717) is 17.6 Å². The first-order chi connectivity index (χ1) is 9.58. The molecule has 0 spiro atoms. The van der Waals surface area contributed by atoms with Gasteiger partial charge in [0.05, 0.1) is 11.3 Å². The molecule has 1 aromatic rings. The summed E-state index contributed by atoms with van der Waals surface area (Å²) in [4.78, 5) is 22.7. The summed E-state index contributed by atoms with van der Waals surface area (Å²) in [7, 11) is 3.78. The topological polar surface area (TPSA) is 58.1 Å². The highest BCUT2D eigenvalue weighted by Crippen LogP contribution is 2.18. The number of amides is 1. The van der Waals surface area contributed by atoms with Crippen LogP contribution in [0.4, 0.5) is 5.95 Å². The summed E-state index contributed by atoms with van der Waals surface area (Å²) < 4.78 is 0. The van der Waals surface area contributed by atoms with Crippen molar-refractivity contribution < 1.29 is 4.79 Å². The number of anilines is 1. The van der Waals surface area contributed by atoms with Gasteiger partial charge in [0, 0.05) is 26.3 Å². The fourth-order valence-corrected chi connectivity index (χ4v) is 2.58. The van der Waals surface area contributed by atoms with Crippen molar-refractivity contribution in [3.63, 3.8) is 0 Å². The van der Waals surface area contributed by atoms with E-state index in [1.165, 1.54) is 25.7 Å². The van der Waals surface area contributed by atoms with Crippen molar-refractivity contribution >= 4 is 11.9 Å². The first kappa shape index (κ1) is 14.8. The van der Waals surface area contributed by atoms with Gasteiger partial charge < -0.3 is 10.2 Å². The lowest BCUT2D eigenvalue weighted by atomic mass is 10.1. The predicted molar refractivity (Wildman–Crippen MR) is 80.1 cm³/mol. The van der Waals surface area contributed by atoms with E-state index in [9.17, 15) is 4.79 Å². The van der Waals surface area contributed by atoms with Gasteiger partial charge in [0.25, 0.3) is 5.91 Å². The molecule has 1 aliphatic rings. The fraction of sp³-hybridized carbons (Fsp3) is 0.667. The first-order valence-electron chi connectivity index (χ1n) is 7.40. The molecular formula is C15H24N4O. The van der Waals surface area contributed by atoms with Gasteiger partial charge in [-0.1, -0.05) is 25.7 Å². The van der Waals surface area contributed by atoms with E-state index < -0.39 is 0 Å². The number of rotatable bonds is 3. The molecule has 2 rings (SSSR count). The highest BCUT2D eigenvalue weighted by Gasteiger charge is 2.18. The minimum absolute atomic E-state index is 0.0419. The fourth-order valence-electron chi connectivity index (χ4n) is 2.58. The SMILES string of the molecule is Cc1nc(N(C)C)ncc1C(=O)NC1CCCCCC1. The number of hydrogen-bond donors (Lipinski definition) is 1. The Morgan fingerprint density at radius 3 is 2.45 bits per heavy atom.